The highest BCUT2D eigenvalue weighted by Gasteiger charge is 2.32. The normalized spacial score (nSPS) is 47.2. The van der Waals surface area contributed by atoms with Crippen molar-refractivity contribution in [2.45, 2.75) is 50.6 Å². The number of fused-ring (bicyclic) bond motifs is 1. The van der Waals surface area contributed by atoms with Gasteiger partial charge in [-0.25, -0.2) is 0 Å². The van der Waals surface area contributed by atoms with Gasteiger partial charge in [-0.3, -0.25) is 4.99 Å². The minimum atomic E-state index is 0.0832. The van der Waals surface area contributed by atoms with Crippen LogP contribution in [-0.4, -0.2) is 17.8 Å². The summed E-state index contributed by atoms with van der Waals surface area (Å²) in [5.41, 5.74) is 6.21. The summed E-state index contributed by atoms with van der Waals surface area (Å²) in [4.78, 5) is 4.50. The van der Waals surface area contributed by atoms with Gasteiger partial charge in [0.1, 0.15) is 0 Å². The maximum atomic E-state index is 6.13. The first kappa shape index (κ1) is 8.24. The highest BCUT2D eigenvalue weighted by atomic mass is 14.8. The van der Waals surface area contributed by atoms with Crippen molar-refractivity contribution < 1.29 is 0 Å². The molecule has 0 radical (unpaired) electrons. The van der Waals surface area contributed by atoms with Crippen LogP contribution in [0.15, 0.2) is 4.99 Å². The Bertz CT molecular complexity index is 196. The van der Waals surface area contributed by atoms with E-state index in [9.17, 15) is 0 Å². The molecule has 12 heavy (non-hydrogen) atoms. The quantitative estimate of drug-likeness (QED) is 0.585. The van der Waals surface area contributed by atoms with Crippen molar-refractivity contribution >= 4 is 6.21 Å². The highest BCUT2D eigenvalue weighted by molar-refractivity contribution is 5.60. The topological polar surface area (TPSA) is 38.4 Å². The zero-order valence-electron chi connectivity index (χ0n) is 7.79. The smallest absolute Gasteiger partial charge is 0.0528 e. The fraction of sp³-hybridized carbons (Fsp3) is 0.900. The van der Waals surface area contributed by atoms with Crippen molar-refractivity contribution in [3.8, 4) is 0 Å². The Kier molecular flexibility index (Phi) is 1.95. The van der Waals surface area contributed by atoms with Crippen molar-refractivity contribution in [3.63, 3.8) is 0 Å². The molecule has 1 aliphatic heterocycles. The molecule has 0 aromatic heterocycles. The number of nitrogens with two attached hydrogens (primary N) is 1. The number of aliphatic imine (C=N–C) groups is 1. The third-order valence-corrected chi connectivity index (χ3v) is 3.35. The van der Waals surface area contributed by atoms with E-state index in [1.165, 1.54) is 25.7 Å². The lowest BCUT2D eigenvalue weighted by atomic mass is 9.93. The molecule has 2 N–H and O–H groups in total. The van der Waals surface area contributed by atoms with Crippen LogP contribution in [0.4, 0.5) is 0 Å². The Morgan fingerprint density at radius 2 is 2.17 bits per heavy atom. The SMILES string of the molecule is CC1(N)CCC2CC=NC2CC1. The predicted molar refractivity (Wildman–Crippen MR) is 51.4 cm³/mol. The van der Waals surface area contributed by atoms with Gasteiger partial charge in [0.05, 0.1) is 6.04 Å². The van der Waals surface area contributed by atoms with Crippen molar-refractivity contribution in [2.75, 3.05) is 0 Å². The summed E-state index contributed by atoms with van der Waals surface area (Å²) in [6.45, 7) is 2.18. The Balaban J connectivity index is 2.03. The van der Waals surface area contributed by atoms with E-state index in [4.69, 9.17) is 5.73 Å². The number of nitrogens with zero attached hydrogens (tertiary/aromatic N) is 1. The standard InChI is InChI=1S/C10H18N2/c1-10(11)5-2-8-4-7-12-9(8)3-6-10/h7-9H,2-6,11H2,1H3. The molecule has 0 amide bonds. The molecular formula is C10H18N2. The Morgan fingerprint density at radius 1 is 1.42 bits per heavy atom. The minimum absolute atomic E-state index is 0.0832. The van der Waals surface area contributed by atoms with Crippen LogP contribution < -0.4 is 5.73 Å². The van der Waals surface area contributed by atoms with Gasteiger partial charge in [-0.05, 0) is 51.2 Å². The molecule has 0 aromatic carbocycles. The van der Waals surface area contributed by atoms with Crippen molar-refractivity contribution in [1.82, 2.24) is 0 Å². The number of rotatable bonds is 0. The van der Waals surface area contributed by atoms with Gasteiger partial charge < -0.3 is 5.73 Å². The van der Waals surface area contributed by atoms with Gasteiger partial charge in [0.2, 0.25) is 0 Å². The van der Waals surface area contributed by atoms with Crippen LogP contribution in [-0.2, 0) is 0 Å². The summed E-state index contributed by atoms with van der Waals surface area (Å²) in [6.07, 6.45) is 8.10. The molecule has 1 saturated carbocycles. The van der Waals surface area contributed by atoms with Crippen LogP contribution in [0.1, 0.15) is 39.0 Å². The van der Waals surface area contributed by atoms with Crippen LogP contribution in [0, 0.1) is 5.92 Å². The van der Waals surface area contributed by atoms with Crippen LogP contribution in [0.3, 0.4) is 0 Å². The molecule has 3 atom stereocenters. The van der Waals surface area contributed by atoms with Gasteiger partial charge in [0.15, 0.2) is 0 Å². The van der Waals surface area contributed by atoms with E-state index in [0.717, 1.165) is 12.3 Å². The van der Waals surface area contributed by atoms with E-state index in [-0.39, 0.29) is 5.54 Å². The average Bonchev–Trinajstić information content (AvgIpc) is 2.40. The van der Waals surface area contributed by atoms with E-state index in [0.29, 0.717) is 6.04 Å². The lowest BCUT2D eigenvalue weighted by Crippen LogP contribution is -2.35. The summed E-state index contributed by atoms with van der Waals surface area (Å²) < 4.78 is 0. The Hall–Kier alpha value is -0.370. The molecule has 68 valence electrons. The maximum Gasteiger partial charge on any atom is 0.0528 e. The molecule has 0 aromatic rings. The molecule has 0 saturated heterocycles. The summed E-state index contributed by atoms with van der Waals surface area (Å²) in [7, 11) is 0. The fourth-order valence-electron chi connectivity index (χ4n) is 2.35. The summed E-state index contributed by atoms with van der Waals surface area (Å²) in [5, 5.41) is 0. The van der Waals surface area contributed by atoms with Crippen LogP contribution in [0.5, 0.6) is 0 Å². The third kappa shape index (κ3) is 1.53. The molecular weight excluding hydrogens is 148 g/mol. The van der Waals surface area contributed by atoms with E-state index in [1.54, 1.807) is 0 Å². The first-order chi connectivity index (χ1) is 5.67. The average molecular weight is 166 g/mol. The molecule has 2 nitrogen and oxygen atoms in total. The largest absolute Gasteiger partial charge is 0.325 e. The van der Waals surface area contributed by atoms with E-state index < -0.39 is 0 Å². The molecule has 3 unspecified atom stereocenters. The molecule has 0 bridgehead atoms. The summed E-state index contributed by atoms with van der Waals surface area (Å²) in [6, 6.07) is 0.607. The first-order valence-corrected chi connectivity index (χ1v) is 4.98. The van der Waals surface area contributed by atoms with Gasteiger partial charge in [-0.15, -0.1) is 0 Å². The minimum Gasteiger partial charge on any atom is -0.325 e. The second-order valence-corrected chi connectivity index (χ2v) is 4.63. The monoisotopic (exact) mass is 166 g/mol. The zero-order chi connectivity index (χ0) is 8.60. The van der Waals surface area contributed by atoms with E-state index in [1.807, 2.05) is 0 Å². The van der Waals surface area contributed by atoms with Gasteiger partial charge in [-0.2, -0.15) is 0 Å². The van der Waals surface area contributed by atoms with Gasteiger partial charge >= 0.3 is 0 Å². The molecule has 1 aliphatic carbocycles. The van der Waals surface area contributed by atoms with Crippen LogP contribution in [0.2, 0.25) is 0 Å². The maximum absolute atomic E-state index is 6.13. The Morgan fingerprint density at radius 3 is 3.00 bits per heavy atom. The van der Waals surface area contributed by atoms with Crippen molar-refractivity contribution in [2.24, 2.45) is 16.6 Å². The lowest BCUT2D eigenvalue weighted by molar-refractivity contribution is 0.398. The van der Waals surface area contributed by atoms with E-state index >= 15 is 0 Å². The zero-order valence-corrected chi connectivity index (χ0v) is 7.79. The summed E-state index contributed by atoms with van der Waals surface area (Å²) in [5.74, 6) is 0.815. The molecule has 2 heteroatoms. The van der Waals surface area contributed by atoms with E-state index in [2.05, 4.69) is 18.1 Å². The van der Waals surface area contributed by atoms with Gasteiger partial charge in [0.25, 0.3) is 0 Å². The fourth-order valence-corrected chi connectivity index (χ4v) is 2.35. The first-order valence-electron chi connectivity index (χ1n) is 4.98. The lowest BCUT2D eigenvalue weighted by Gasteiger charge is -2.21. The Labute approximate surface area is 74.2 Å². The third-order valence-electron chi connectivity index (χ3n) is 3.35. The molecule has 2 rings (SSSR count). The van der Waals surface area contributed by atoms with Crippen LogP contribution >= 0.6 is 0 Å². The number of hydrogen-bond acceptors (Lipinski definition) is 2. The molecule has 1 fully saturated rings. The van der Waals surface area contributed by atoms with Gasteiger partial charge in [-0.1, -0.05) is 0 Å². The van der Waals surface area contributed by atoms with Crippen LogP contribution in [0.25, 0.3) is 0 Å². The highest BCUT2D eigenvalue weighted by Crippen LogP contribution is 2.34. The molecule has 0 spiro atoms. The second kappa shape index (κ2) is 2.84. The van der Waals surface area contributed by atoms with Crippen molar-refractivity contribution in [3.05, 3.63) is 0 Å². The summed E-state index contributed by atoms with van der Waals surface area (Å²) >= 11 is 0. The second-order valence-electron chi connectivity index (χ2n) is 4.63. The van der Waals surface area contributed by atoms with Gasteiger partial charge in [0, 0.05) is 5.54 Å². The molecule has 1 heterocycles. The number of hydrogen-bond donors (Lipinski definition) is 1. The van der Waals surface area contributed by atoms with Crippen molar-refractivity contribution in [1.29, 1.82) is 0 Å². The predicted octanol–water partition coefficient (Wildman–Crippen LogP) is 1.74. The molecule has 2 aliphatic rings.